The van der Waals surface area contributed by atoms with Gasteiger partial charge in [0.1, 0.15) is 0 Å². The number of aliphatic hydroxyl groups is 1. The number of ketones is 1. The van der Waals surface area contributed by atoms with Gasteiger partial charge in [-0.25, -0.2) is 0 Å². The molecule has 0 aliphatic carbocycles. The topological polar surface area (TPSA) is 66.4 Å². The molecule has 0 bridgehead atoms. The first-order valence-corrected chi connectivity index (χ1v) is 7.03. The average molecular weight is 277 g/mol. The maximum absolute atomic E-state index is 11.9. The lowest BCUT2D eigenvalue weighted by Crippen LogP contribution is -2.32. The van der Waals surface area contributed by atoms with Gasteiger partial charge in [-0.1, -0.05) is 29.8 Å². The minimum atomic E-state index is -0.115. The summed E-state index contributed by atoms with van der Waals surface area (Å²) in [5.74, 6) is -0.126. The third kappa shape index (κ3) is 5.97. The lowest BCUT2D eigenvalue weighted by molar-refractivity contribution is -0.121. The SMILES string of the molecule is Cc1ccc(C(=O)CCC(=O)NC(C)CCCO)cc1. The van der Waals surface area contributed by atoms with Crippen LogP contribution in [0.5, 0.6) is 0 Å². The highest BCUT2D eigenvalue weighted by Gasteiger charge is 2.11. The minimum absolute atomic E-state index is 0.0110. The molecule has 0 aromatic heterocycles. The van der Waals surface area contributed by atoms with E-state index in [0.29, 0.717) is 12.0 Å². The van der Waals surface area contributed by atoms with Crippen LogP contribution in [0.25, 0.3) is 0 Å². The molecule has 0 radical (unpaired) electrons. The Hall–Kier alpha value is -1.68. The molecule has 0 heterocycles. The molecule has 0 fully saturated rings. The van der Waals surface area contributed by atoms with Crippen LogP contribution in [0, 0.1) is 6.92 Å². The number of carbonyl (C=O) groups is 2. The molecule has 1 amide bonds. The van der Waals surface area contributed by atoms with Gasteiger partial charge in [0.15, 0.2) is 5.78 Å². The smallest absolute Gasteiger partial charge is 0.220 e. The van der Waals surface area contributed by atoms with Crippen molar-refractivity contribution in [2.45, 2.75) is 45.6 Å². The summed E-state index contributed by atoms with van der Waals surface area (Å²) in [4.78, 5) is 23.6. The molecule has 1 unspecified atom stereocenters. The number of aryl methyl sites for hydroxylation is 1. The van der Waals surface area contributed by atoms with Crippen molar-refractivity contribution in [3.05, 3.63) is 35.4 Å². The Kier molecular flexibility index (Phi) is 6.94. The average Bonchev–Trinajstić information content (AvgIpc) is 2.43. The van der Waals surface area contributed by atoms with Crippen LogP contribution in [0.2, 0.25) is 0 Å². The monoisotopic (exact) mass is 277 g/mol. The molecule has 1 aromatic rings. The fourth-order valence-electron chi connectivity index (χ4n) is 1.93. The lowest BCUT2D eigenvalue weighted by Gasteiger charge is -2.12. The quantitative estimate of drug-likeness (QED) is 0.716. The fraction of sp³-hybridized carbons (Fsp3) is 0.500. The van der Waals surface area contributed by atoms with E-state index in [9.17, 15) is 9.59 Å². The second-order valence-corrected chi connectivity index (χ2v) is 5.12. The Morgan fingerprint density at radius 3 is 2.45 bits per heavy atom. The van der Waals surface area contributed by atoms with Crippen molar-refractivity contribution in [2.75, 3.05) is 6.61 Å². The van der Waals surface area contributed by atoms with E-state index in [0.717, 1.165) is 12.0 Å². The second kappa shape index (κ2) is 8.48. The normalized spacial score (nSPS) is 11.9. The van der Waals surface area contributed by atoms with Crippen LogP contribution < -0.4 is 5.32 Å². The summed E-state index contributed by atoms with van der Waals surface area (Å²) in [6.45, 7) is 4.00. The van der Waals surface area contributed by atoms with Gasteiger partial charge in [0.2, 0.25) is 5.91 Å². The summed E-state index contributed by atoms with van der Waals surface area (Å²) >= 11 is 0. The largest absolute Gasteiger partial charge is 0.396 e. The maximum Gasteiger partial charge on any atom is 0.220 e. The molecule has 4 heteroatoms. The zero-order chi connectivity index (χ0) is 15.0. The molecule has 0 aliphatic heterocycles. The zero-order valence-electron chi connectivity index (χ0n) is 12.2. The third-order valence-electron chi connectivity index (χ3n) is 3.16. The Morgan fingerprint density at radius 2 is 1.85 bits per heavy atom. The zero-order valence-corrected chi connectivity index (χ0v) is 12.2. The Balaban J connectivity index is 2.33. The number of hydrogen-bond acceptors (Lipinski definition) is 3. The summed E-state index contributed by atoms with van der Waals surface area (Å²) in [7, 11) is 0. The van der Waals surface area contributed by atoms with Crippen molar-refractivity contribution < 1.29 is 14.7 Å². The predicted octanol–water partition coefficient (Wildman–Crippen LogP) is 2.24. The highest BCUT2D eigenvalue weighted by molar-refractivity contribution is 5.97. The van der Waals surface area contributed by atoms with Gasteiger partial charge in [-0.3, -0.25) is 9.59 Å². The molecule has 110 valence electrons. The van der Waals surface area contributed by atoms with Gasteiger partial charge in [0.05, 0.1) is 0 Å². The molecule has 20 heavy (non-hydrogen) atoms. The van der Waals surface area contributed by atoms with Crippen LogP contribution in [0.1, 0.15) is 48.5 Å². The summed E-state index contributed by atoms with van der Waals surface area (Å²) in [5, 5.41) is 11.5. The molecule has 1 atom stereocenters. The van der Waals surface area contributed by atoms with E-state index < -0.39 is 0 Å². The molecule has 0 saturated carbocycles. The summed E-state index contributed by atoms with van der Waals surface area (Å²) < 4.78 is 0. The van der Waals surface area contributed by atoms with Gasteiger partial charge in [0.25, 0.3) is 0 Å². The van der Waals surface area contributed by atoms with Crippen LogP contribution >= 0.6 is 0 Å². The Bertz CT molecular complexity index is 440. The molecule has 1 aromatic carbocycles. The van der Waals surface area contributed by atoms with E-state index in [1.54, 1.807) is 12.1 Å². The Morgan fingerprint density at radius 1 is 1.20 bits per heavy atom. The summed E-state index contributed by atoms with van der Waals surface area (Å²) in [6, 6.07) is 7.40. The first-order chi connectivity index (χ1) is 9.52. The summed E-state index contributed by atoms with van der Waals surface area (Å²) in [6.07, 6.45) is 1.84. The first-order valence-electron chi connectivity index (χ1n) is 7.03. The molecular weight excluding hydrogens is 254 g/mol. The van der Waals surface area contributed by atoms with E-state index in [2.05, 4.69) is 5.32 Å². The van der Waals surface area contributed by atoms with Crippen molar-refractivity contribution >= 4 is 11.7 Å². The van der Waals surface area contributed by atoms with Gasteiger partial charge in [-0.15, -0.1) is 0 Å². The van der Waals surface area contributed by atoms with Gasteiger partial charge in [-0.05, 0) is 26.7 Å². The van der Waals surface area contributed by atoms with Crippen molar-refractivity contribution in [3.8, 4) is 0 Å². The highest BCUT2D eigenvalue weighted by Crippen LogP contribution is 2.08. The van der Waals surface area contributed by atoms with Gasteiger partial charge in [-0.2, -0.15) is 0 Å². The molecule has 1 rings (SSSR count). The predicted molar refractivity (Wildman–Crippen MR) is 78.7 cm³/mol. The summed E-state index contributed by atoms with van der Waals surface area (Å²) in [5.41, 5.74) is 1.76. The number of aliphatic hydroxyl groups excluding tert-OH is 1. The highest BCUT2D eigenvalue weighted by atomic mass is 16.3. The van der Waals surface area contributed by atoms with Crippen molar-refractivity contribution in [2.24, 2.45) is 0 Å². The number of nitrogens with one attached hydrogen (secondary N) is 1. The number of benzene rings is 1. The molecule has 0 saturated heterocycles. The van der Waals surface area contributed by atoms with E-state index in [4.69, 9.17) is 5.11 Å². The van der Waals surface area contributed by atoms with Crippen LogP contribution in [0.3, 0.4) is 0 Å². The molecule has 4 nitrogen and oxygen atoms in total. The number of rotatable bonds is 8. The van der Waals surface area contributed by atoms with E-state index in [1.165, 1.54) is 0 Å². The number of Topliss-reactive ketones (excluding diaryl/α,β-unsaturated/α-hetero) is 1. The third-order valence-corrected chi connectivity index (χ3v) is 3.16. The van der Waals surface area contributed by atoms with E-state index in [1.807, 2.05) is 26.0 Å². The van der Waals surface area contributed by atoms with Crippen LogP contribution in [0.4, 0.5) is 0 Å². The molecule has 0 spiro atoms. The fourth-order valence-corrected chi connectivity index (χ4v) is 1.93. The molecule has 2 N–H and O–H groups in total. The standard InChI is InChI=1S/C16H23NO3/c1-12-5-7-14(8-6-12)15(19)9-10-16(20)17-13(2)4-3-11-18/h5-8,13,18H,3-4,9-11H2,1-2H3,(H,17,20). The van der Waals surface area contributed by atoms with Gasteiger partial charge in [0, 0.05) is 31.1 Å². The number of carbonyl (C=O) groups excluding carboxylic acids is 2. The number of amides is 1. The minimum Gasteiger partial charge on any atom is -0.396 e. The first kappa shape index (κ1) is 16.4. The number of hydrogen-bond donors (Lipinski definition) is 2. The molecule has 0 aliphatic rings. The lowest BCUT2D eigenvalue weighted by atomic mass is 10.0. The van der Waals surface area contributed by atoms with Crippen molar-refractivity contribution in [1.82, 2.24) is 5.32 Å². The second-order valence-electron chi connectivity index (χ2n) is 5.12. The van der Waals surface area contributed by atoms with Crippen molar-refractivity contribution in [1.29, 1.82) is 0 Å². The van der Waals surface area contributed by atoms with E-state index >= 15 is 0 Å². The van der Waals surface area contributed by atoms with Gasteiger partial charge >= 0.3 is 0 Å². The van der Waals surface area contributed by atoms with Crippen LogP contribution in [-0.2, 0) is 4.79 Å². The van der Waals surface area contributed by atoms with Crippen molar-refractivity contribution in [3.63, 3.8) is 0 Å². The van der Waals surface area contributed by atoms with E-state index in [-0.39, 0.29) is 37.2 Å². The molecular formula is C16H23NO3. The van der Waals surface area contributed by atoms with Crippen LogP contribution in [-0.4, -0.2) is 29.4 Å². The maximum atomic E-state index is 11.9. The Labute approximate surface area is 120 Å². The van der Waals surface area contributed by atoms with Gasteiger partial charge < -0.3 is 10.4 Å². The van der Waals surface area contributed by atoms with Crippen LogP contribution in [0.15, 0.2) is 24.3 Å².